The van der Waals surface area contributed by atoms with E-state index in [0.29, 0.717) is 20.5 Å². The maximum atomic E-state index is 13.2. The van der Waals surface area contributed by atoms with Crippen LogP contribution in [0, 0.1) is 5.21 Å². The minimum atomic E-state index is -6.62. The first-order chi connectivity index (χ1) is 11.9. The van der Waals surface area contributed by atoms with Crippen molar-refractivity contribution >= 4 is 5.90 Å². The normalized spacial score (nSPS) is 13.7. The molecule has 140 valence electrons. The number of hydrogen-bond donors (Lipinski definition) is 0. The van der Waals surface area contributed by atoms with Gasteiger partial charge in [0.2, 0.25) is 12.4 Å². The Balaban J connectivity index is 2.30. The number of pyridine rings is 2. The van der Waals surface area contributed by atoms with Crippen LogP contribution in [0.2, 0.25) is 0 Å². The first-order valence-electron chi connectivity index (χ1n) is 6.65. The van der Waals surface area contributed by atoms with Gasteiger partial charge in [0.1, 0.15) is 5.90 Å². The number of rotatable bonds is 4. The lowest BCUT2D eigenvalue weighted by molar-refractivity contribution is -0.682. The molecule has 2 rings (SSSR count). The fraction of sp³-hybridized carbons (Fsp3) is 0.214. The summed E-state index contributed by atoms with van der Waals surface area (Å²) in [4.78, 5) is 0. The third kappa shape index (κ3) is 3.53. The summed E-state index contributed by atoms with van der Waals surface area (Å²) in [6.45, 7) is 0. The van der Waals surface area contributed by atoms with Crippen LogP contribution >= 0.6 is 0 Å². The van der Waals surface area contributed by atoms with Gasteiger partial charge in [-0.25, -0.2) is 0 Å². The lowest BCUT2D eigenvalue weighted by Gasteiger charge is -2.29. The number of nitrogens with zero attached hydrogens (tertiary/aromatic N) is 3. The maximum Gasteiger partial charge on any atom is 0.460 e. The van der Waals surface area contributed by atoms with Gasteiger partial charge in [0.05, 0.1) is 0 Å². The topological polar surface area (TPSA) is 66.2 Å². The van der Waals surface area contributed by atoms with E-state index in [2.05, 4.69) is 5.10 Å². The molecule has 0 spiro atoms. The zero-order valence-electron chi connectivity index (χ0n) is 12.4. The van der Waals surface area contributed by atoms with Crippen LogP contribution in [-0.2, 0) is 0 Å². The molecule has 2 aromatic rings. The van der Waals surface area contributed by atoms with Gasteiger partial charge in [-0.2, -0.15) is 35.5 Å². The van der Waals surface area contributed by atoms with Crippen LogP contribution in [0.25, 0.3) is 11.1 Å². The Bertz CT molecular complexity index is 803. The zero-order chi connectivity index (χ0) is 19.8. The van der Waals surface area contributed by atoms with Gasteiger partial charge in [-0.1, -0.05) is 4.68 Å². The van der Waals surface area contributed by atoms with Crippen LogP contribution in [-0.4, -0.2) is 23.9 Å². The van der Waals surface area contributed by atoms with E-state index in [9.17, 15) is 41.0 Å². The summed E-state index contributed by atoms with van der Waals surface area (Å²) in [7, 11) is 0. The smallest absolute Gasteiger partial charge is 0.460 e. The first-order valence-corrected chi connectivity index (χ1v) is 6.65. The molecule has 0 fully saturated rings. The van der Waals surface area contributed by atoms with Crippen molar-refractivity contribution in [2.75, 3.05) is 0 Å². The molecule has 0 aliphatic heterocycles. The van der Waals surface area contributed by atoms with Gasteiger partial charge in [0, 0.05) is 24.3 Å². The molecule has 0 aliphatic rings. The highest BCUT2D eigenvalue weighted by atomic mass is 19.4. The first kappa shape index (κ1) is 19.4. The van der Waals surface area contributed by atoms with E-state index in [1.807, 2.05) is 0 Å². The summed E-state index contributed by atoms with van der Waals surface area (Å²) in [6, 6.07) is 5.27. The highest BCUT2D eigenvalue weighted by molar-refractivity contribution is 5.80. The molecule has 2 heterocycles. The lowest BCUT2D eigenvalue weighted by Crippen LogP contribution is -2.60. The van der Waals surface area contributed by atoms with E-state index in [-0.39, 0.29) is 0 Å². The molecule has 0 unspecified atom stereocenters. The van der Waals surface area contributed by atoms with Crippen LogP contribution in [0.3, 0.4) is 0 Å². The molecule has 5 nitrogen and oxygen atoms in total. The molecule has 0 saturated heterocycles. The summed E-state index contributed by atoms with van der Waals surface area (Å²) >= 11 is 0. The Hall–Kier alpha value is -2.92. The minimum absolute atomic E-state index is 0.364. The van der Waals surface area contributed by atoms with Crippen molar-refractivity contribution in [1.29, 1.82) is 0 Å². The van der Waals surface area contributed by atoms with Crippen molar-refractivity contribution in [2.24, 2.45) is 5.10 Å². The van der Waals surface area contributed by atoms with E-state index in [1.165, 1.54) is 36.7 Å². The molecule has 0 atom stereocenters. The van der Waals surface area contributed by atoms with Gasteiger partial charge in [0.15, 0.2) is 12.4 Å². The molecular formula is C14H8F7N3O2. The van der Waals surface area contributed by atoms with Crippen molar-refractivity contribution in [1.82, 2.24) is 0 Å². The zero-order valence-corrected chi connectivity index (χ0v) is 12.4. The third-order valence-electron chi connectivity index (χ3n) is 3.17. The standard InChI is InChI=1S/C14H8F7N3O2/c15-12(16,13(17,18)14(19,20)21)11(25)22-23-5-1-9(2-6-23)10-3-7-24(26)8-4-10/h1-8H. The van der Waals surface area contributed by atoms with Crippen LogP contribution in [0.1, 0.15) is 0 Å². The van der Waals surface area contributed by atoms with E-state index >= 15 is 0 Å². The van der Waals surface area contributed by atoms with Crippen LogP contribution < -0.4 is 14.5 Å². The third-order valence-corrected chi connectivity index (χ3v) is 3.17. The quantitative estimate of drug-likeness (QED) is 0.265. The maximum absolute atomic E-state index is 13.2. The van der Waals surface area contributed by atoms with E-state index in [1.54, 1.807) is 0 Å². The Morgan fingerprint density at radius 3 is 1.65 bits per heavy atom. The minimum Gasteiger partial charge on any atom is -0.853 e. The Morgan fingerprint density at radius 1 is 0.808 bits per heavy atom. The predicted octanol–water partition coefficient (Wildman–Crippen LogP) is 1.63. The largest absolute Gasteiger partial charge is 0.853 e. The van der Waals surface area contributed by atoms with Gasteiger partial charge in [-0.15, -0.1) is 0 Å². The second-order valence-corrected chi connectivity index (χ2v) is 4.97. The molecule has 26 heavy (non-hydrogen) atoms. The fourth-order valence-electron chi connectivity index (χ4n) is 1.76. The second-order valence-electron chi connectivity index (χ2n) is 4.97. The van der Waals surface area contributed by atoms with Gasteiger partial charge >= 0.3 is 18.0 Å². The molecule has 0 bridgehead atoms. The molecule has 0 aliphatic carbocycles. The van der Waals surface area contributed by atoms with E-state index in [0.717, 1.165) is 12.4 Å². The second kappa shape index (κ2) is 6.42. The number of alkyl halides is 7. The molecular weight excluding hydrogens is 375 g/mol. The van der Waals surface area contributed by atoms with Crippen LogP contribution in [0.15, 0.2) is 54.2 Å². The van der Waals surface area contributed by atoms with Crippen LogP contribution in [0.4, 0.5) is 30.7 Å². The SMILES string of the molecule is [O-]/C(=N\[n+]1ccc(-c2cc[n+]([O-])cc2)cc1)C(F)(F)C(F)(F)C(F)(F)F. The summed E-state index contributed by atoms with van der Waals surface area (Å²) in [5.41, 5.74) is 0.960. The molecule has 2 aromatic heterocycles. The predicted molar refractivity (Wildman–Crippen MR) is 69.8 cm³/mol. The van der Waals surface area contributed by atoms with Gasteiger partial charge in [-0.05, 0) is 16.2 Å². The number of aromatic nitrogens is 2. The van der Waals surface area contributed by atoms with Crippen molar-refractivity contribution in [3.63, 3.8) is 0 Å². The van der Waals surface area contributed by atoms with Crippen LogP contribution in [0.5, 0.6) is 0 Å². The van der Waals surface area contributed by atoms with Crippen molar-refractivity contribution in [3.8, 4) is 11.1 Å². The Kier molecular flexibility index (Phi) is 4.79. The fourth-order valence-corrected chi connectivity index (χ4v) is 1.76. The van der Waals surface area contributed by atoms with E-state index < -0.39 is 23.9 Å². The monoisotopic (exact) mass is 383 g/mol. The number of halogens is 7. The summed E-state index contributed by atoms with van der Waals surface area (Å²) in [5, 5.41) is 24.6. The molecule has 0 saturated carbocycles. The van der Waals surface area contributed by atoms with Gasteiger partial charge in [0.25, 0.3) is 0 Å². The van der Waals surface area contributed by atoms with E-state index in [4.69, 9.17) is 0 Å². The highest BCUT2D eigenvalue weighted by Gasteiger charge is 2.73. The van der Waals surface area contributed by atoms with Crippen molar-refractivity contribution in [2.45, 2.75) is 18.0 Å². The molecule has 0 radical (unpaired) electrons. The van der Waals surface area contributed by atoms with Gasteiger partial charge < -0.3 is 10.3 Å². The molecule has 0 amide bonds. The molecule has 12 heteroatoms. The average molecular weight is 383 g/mol. The molecule has 0 N–H and O–H groups in total. The number of hydrogen-bond acceptors (Lipinski definition) is 3. The Morgan fingerprint density at radius 2 is 1.23 bits per heavy atom. The summed E-state index contributed by atoms with van der Waals surface area (Å²) in [6.07, 6.45) is -2.49. The average Bonchev–Trinajstić information content (AvgIpc) is 2.55. The lowest BCUT2D eigenvalue weighted by atomic mass is 10.1. The highest BCUT2D eigenvalue weighted by Crippen LogP contribution is 2.46. The van der Waals surface area contributed by atoms with Gasteiger partial charge in [-0.3, -0.25) is 0 Å². The summed E-state index contributed by atoms with van der Waals surface area (Å²) in [5.74, 6) is -15.6. The van der Waals surface area contributed by atoms with Crippen molar-refractivity contribution < 1.29 is 45.2 Å². The van der Waals surface area contributed by atoms with Crippen molar-refractivity contribution in [3.05, 3.63) is 54.3 Å². The summed E-state index contributed by atoms with van der Waals surface area (Å²) < 4.78 is 89.0. The molecule has 0 aromatic carbocycles. The Labute approximate surface area is 140 Å².